The van der Waals surface area contributed by atoms with Gasteiger partial charge in [0.1, 0.15) is 5.60 Å². The lowest BCUT2D eigenvalue weighted by atomic mass is 10.1. The molecule has 0 unspecified atom stereocenters. The first-order valence-corrected chi connectivity index (χ1v) is 12.3. The number of imidazole rings is 1. The molecule has 8 heteroatoms. The number of piperazine rings is 1. The molecule has 1 aliphatic rings. The molecular weight excluding hydrogens is 452 g/mol. The van der Waals surface area contributed by atoms with Gasteiger partial charge in [0.25, 0.3) is 0 Å². The van der Waals surface area contributed by atoms with E-state index in [1.165, 1.54) is 5.56 Å². The van der Waals surface area contributed by atoms with Crippen LogP contribution in [0.25, 0.3) is 16.9 Å². The van der Waals surface area contributed by atoms with Gasteiger partial charge in [-0.05, 0) is 58.0 Å². The van der Waals surface area contributed by atoms with E-state index < -0.39 is 5.60 Å². The van der Waals surface area contributed by atoms with Crippen LogP contribution < -0.4 is 10.2 Å². The summed E-state index contributed by atoms with van der Waals surface area (Å²) in [5.74, 6) is 0.706. The van der Waals surface area contributed by atoms with E-state index in [9.17, 15) is 4.79 Å². The van der Waals surface area contributed by atoms with Crippen molar-refractivity contribution in [2.45, 2.75) is 33.3 Å². The molecule has 2 aromatic carbocycles. The molecule has 0 spiro atoms. The molecule has 36 heavy (non-hydrogen) atoms. The van der Waals surface area contributed by atoms with Gasteiger partial charge < -0.3 is 24.3 Å². The second-order valence-corrected chi connectivity index (χ2v) is 10.1. The topological polar surface area (TPSA) is 75.0 Å². The number of hydrogen-bond donors (Lipinski definition) is 1. The maximum absolute atomic E-state index is 12.3. The Morgan fingerprint density at radius 3 is 2.47 bits per heavy atom. The van der Waals surface area contributed by atoms with Crippen molar-refractivity contribution < 1.29 is 9.53 Å². The maximum Gasteiger partial charge on any atom is 0.410 e. The number of nitrogens with one attached hydrogen (secondary N) is 1. The van der Waals surface area contributed by atoms with E-state index in [4.69, 9.17) is 9.72 Å². The lowest BCUT2D eigenvalue weighted by molar-refractivity contribution is 0.0240. The fraction of sp³-hybridized carbons (Fsp3) is 0.321. The molecule has 1 aliphatic heterocycles. The van der Waals surface area contributed by atoms with Crippen molar-refractivity contribution in [1.29, 1.82) is 0 Å². The first-order chi connectivity index (χ1) is 17.2. The minimum Gasteiger partial charge on any atom is -0.444 e. The molecule has 0 saturated carbocycles. The average Bonchev–Trinajstić information content (AvgIpc) is 3.33. The molecule has 1 saturated heterocycles. The predicted octanol–water partition coefficient (Wildman–Crippen LogP) is 5.51. The van der Waals surface area contributed by atoms with Crippen LogP contribution in [0.15, 0.2) is 67.1 Å². The van der Waals surface area contributed by atoms with Gasteiger partial charge in [-0.3, -0.25) is 0 Å². The Hall–Kier alpha value is -4.07. The second-order valence-electron chi connectivity index (χ2n) is 10.1. The van der Waals surface area contributed by atoms with Crippen LogP contribution in [0.2, 0.25) is 0 Å². The Morgan fingerprint density at radius 1 is 1.03 bits per heavy atom. The third kappa shape index (κ3) is 5.27. The highest BCUT2D eigenvalue weighted by molar-refractivity contribution is 5.74. The molecule has 0 aliphatic carbocycles. The normalized spacial score (nSPS) is 14.2. The van der Waals surface area contributed by atoms with Crippen molar-refractivity contribution in [3.63, 3.8) is 0 Å². The van der Waals surface area contributed by atoms with Crippen LogP contribution in [-0.2, 0) is 4.74 Å². The van der Waals surface area contributed by atoms with E-state index in [-0.39, 0.29) is 6.09 Å². The van der Waals surface area contributed by atoms with Gasteiger partial charge in [-0.15, -0.1) is 0 Å². The smallest absolute Gasteiger partial charge is 0.410 e. The van der Waals surface area contributed by atoms with Gasteiger partial charge in [-0.25, -0.2) is 14.8 Å². The van der Waals surface area contributed by atoms with Gasteiger partial charge in [-0.2, -0.15) is 0 Å². The van der Waals surface area contributed by atoms with Gasteiger partial charge >= 0.3 is 6.09 Å². The largest absolute Gasteiger partial charge is 0.444 e. The first-order valence-electron chi connectivity index (χ1n) is 12.3. The number of fused-ring (bicyclic) bond motifs is 1. The monoisotopic (exact) mass is 484 g/mol. The Balaban J connectivity index is 1.29. The summed E-state index contributed by atoms with van der Waals surface area (Å²) in [6, 6.07) is 16.6. The Kier molecular flexibility index (Phi) is 6.26. The van der Waals surface area contributed by atoms with Gasteiger partial charge in [0, 0.05) is 61.7 Å². The number of ether oxygens (including phenoxy) is 1. The molecule has 0 bridgehead atoms. The highest BCUT2D eigenvalue weighted by Crippen LogP contribution is 2.27. The molecule has 0 radical (unpaired) electrons. The van der Waals surface area contributed by atoms with Crippen molar-refractivity contribution in [2.24, 2.45) is 0 Å². The van der Waals surface area contributed by atoms with Gasteiger partial charge in [-0.1, -0.05) is 23.8 Å². The number of anilines is 3. The van der Waals surface area contributed by atoms with E-state index in [1.54, 1.807) is 11.1 Å². The summed E-state index contributed by atoms with van der Waals surface area (Å²) < 4.78 is 7.50. The summed E-state index contributed by atoms with van der Waals surface area (Å²) >= 11 is 0. The Labute approximate surface area is 211 Å². The standard InChI is InChI=1S/C28H32N6O2/c1-20-6-5-7-21(18-20)24-19-34-13-12-29-26(34)25(31-24)30-22-8-10-23(11-9-22)32-14-16-33(17-15-32)27(35)36-28(2,3)4/h5-13,18-19H,14-17H2,1-4H3,(H,30,31). The van der Waals surface area contributed by atoms with Gasteiger partial charge in [0.05, 0.1) is 5.69 Å². The zero-order valence-electron chi connectivity index (χ0n) is 21.2. The SMILES string of the molecule is Cc1cccc(-c2cn3ccnc3c(Nc3ccc(N4CCN(C(=O)OC(C)(C)C)CC4)cc3)n2)c1. The average molecular weight is 485 g/mol. The number of benzene rings is 2. The maximum atomic E-state index is 12.3. The number of nitrogens with zero attached hydrogens (tertiary/aromatic N) is 5. The molecule has 8 nitrogen and oxygen atoms in total. The molecule has 186 valence electrons. The number of carbonyl (C=O) groups is 1. The van der Waals surface area contributed by atoms with Crippen LogP contribution in [-0.4, -0.2) is 57.1 Å². The highest BCUT2D eigenvalue weighted by atomic mass is 16.6. The van der Waals surface area contributed by atoms with Crippen molar-refractivity contribution in [1.82, 2.24) is 19.3 Å². The van der Waals surface area contributed by atoms with Crippen LogP contribution in [0.5, 0.6) is 0 Å². The fourth-order valence-corrected chi connectivity index (χ4v) is 4.33. The summed E-state index contributed by atoms with van der Waals surface area (Å²) in [5.41, 5.74) is 5.49. The molecule has 0 atom stereocenters. The lowest BCUT2D eigenvalue weighted by Crippen LogP contribution is -2.50. The quantitative estimate of drug-likeness (QED) is 0.412. The number of hydrogen-bond acceptors (Lipinski definition) is 6. The summed E-state index contributed by atoms with van der Waals surface area (Å²) in [6.45, 7) is 10.6. The third-order valence-electron chi connectivity index (χ3n) is 6.11. The molecular formula is C28H32N6O2. The fourth-order valence-electron chi connectivity index (χ4n) is 4.33. The minimum atomic E-state index is -0.479. The second kappa shape index (κ2) is 9.53. The number of aromatic nitrogens is 3. The van der Waals surface area contributed by atoms with Crippen molar-refractivity contribution in [2.75, 3.05) is 36.4 Å². The highest BCUT2D eigenvalue weighted by Gasteiger charge is 2.26. The molecule has 2 aromatic heterocycles. The zero-order valence-corrected chi connectivity index (χ0v) is 21.2. The molecule has 1 N–H and O–H groups in total. The zero-order chi connectivity index (χ0) is 25.3. The minimum absolute atomic E-state index is 0.243. The van der Waals surface area contributed by atoms with Crippen LogP contribution in [0.4, 0.5) is 22.0 Å². The van der Waals surface area contributed by atoms with Crippen LogP contribution in [0.3, 0.4) is 0 Å². The predicted molar refractivity (Wildman–Crippen MR) is 143 cm³/mol. The van der Waals surface area contributed by atoms with Gasteiger partial charge in [0.2, 0.25) is 0 Å². The Bertz CT molecular complexity index is 1370. The molecule has 3 heterocycles. The van der Waals surface area contributed by atoms with E-state index in [1.807, 2.05) is 43.6 Å². The summed E-state index contributed by atoms with van der Waals surface area (Å²) in [5, 5.41) is 3.45. The Morgan fingerprint density at radius 2 is 1.78 bits per heavy atom. The molecule has 1 fully saturated rings. The summed E-state index contributed by atoms with van der Waals surface area (Å²) in [6.07, 6.45) is 5.47. The summed E-state index contributed by atoms with van der Waals surface area (Å²) in [4.78, 5) is 25.8. The third-order valence-corrected chi connectivity index (χ3v) is 6.11. The molecule has 5 rings (SSSR count). The summed E-state index contributed by atoms with van der Waals surface area (Å²) in [7, 11) is 0. The number of rotatable bonds is 4. The van der Waals surface area contributed by atoms with Crippen LogP contribution >= 0.6 is 0 Å². The molecule has 1 amide bonds. The van der Waals surface area contributed by atoms with E-state index in [0.29, 0.717) is 18.9 Å². The van der Waals surface area contributed by atoms with Crippen molar-refractivity contribution in [3.05, 3.63) is 72.7 Å². The van der Waals surface area contributed by atoms with E-state index >= 15 is 0 Å². The lowest BCUT2D eigenvalue weighted by Gasteiger charge is -2.36. The van der Waals surface area contributed by atoms with Crippen LogP contribution in [0.1, 0.15) is 26.3 Å². The number of carbonyl (C=O) groups excluding carboxylic acids is 1. The molecule has 4 aromatic rings. The number of aryl methyl sites for hydroxylation is 1. The van der Waals surface area contributed by atoms with Crippen molar-refractivity contribution >= 4 is 28.9 Å². The van der Waals surface area contributed by atoms with Gasteiger partial charge in [0.15, 0.2) is 11.5 Å². The number of amides is 1. The van der Waals surface area contributed by atoms with E-state index in [0.717, 1.165) is 41.4 Å². The first kappa shape index (κ1) is 23.7. The van der Waals surface area contributed by atoms with Crippen molar-refractivity contribution in [3.8, 4) is 11.3 Å². The van der Waals surface area contributed by atoms with E-state index in [2.05, 4.69) is 64.6 Å². The van der Waals surface area contributed by atoms with Crippen LogP contribution in [0, 0.1) is 6.92 Å².